The summed E-state index contributed by atoms with van der Waals surface area (Å²) in [6.07, 6.45) is -0.0166. The Hall–Kier alpha value is -2.44. The molecule has 152 valence electrons. The van der Waals surface area contributed by atoms with Gasteiger partial charge in [-0.05, 0) is 44.2 Å². The number of benzene rings is 2. The number of para-hydroxylation sites is 1. The van der Waals surface area contributed by atoms with Crippen LogP contribution in [0.1, 0.15) is 20.3 Å². The normalized spacial score (nSPS) is 15.7. The lowest BCUT2D eigenvalue weighted by Crippen LogP contribution is -2.30. The second kappa shape index (κ2) is 7.76. The van der Waals surface area contributed by atoms with Crippen molar-refractivity contribution in [3.05, 3.63) is 46.4 Å². The number of hydrogen-bond donors (Lipinski definition) is 1. The molecule has 0 amide bonds. The van der Waals surface area contributed by atoms with E-state index in [1.54, 1.807) is 12.1 Å². The van der Waals surface area contributed by atoms with Gasteiger partial charge in [-0.15, -0.1) is 0 Å². The number of aliphatic carboxylic acids is 1. The maximum Gasteiger partial charge on any atom is 0.305 e. The molecule has 1 atom stereocenters. The van der Waals surface area contributed by atoms with Crippen LogP contribution in [-0.2, 0) is 11.3 Å². The van der Waals surface area contributed by atoms with Crippen LogP contribution in [0, 0.1) is 0 Å². The van der Waals surface area contributed by atoms with Crippen molar-refractivity contribution in [2.24, 2.45) is 0 Å². The Morgan fingerprint density at radius 1 is 1.24 bits per heavy atom. The molecule has 0 saturated carbocycles. The standard InChI is InChI=1S/C21H22Cl2N4O2/c1-3-25(4-2)18-7-5-6-16-20(18)26-12-14(11-19(28)29)27(21(26)24-16)17-9-8-13(22)10-15(17)23/h5-10,14H,3-4,11-12H2,1-2H3,(H,28,29). The minimum atomic E-state index is -0.857. The average molecular weight is 433 g/mol. The summed E-state index contributed by atoms with van der Waals surface area (Å²) in [4.78, 5) is 20.6. The van der Waals surface area contributed by atoms with Gasteiger partial charge in [0, 0.05) is 24.7 Å². The summed E-state index contributed by atoms with van der Waals surface area (Å²) < 4.78 is 2.11. The van der Waals surface area contributed by atoms with Crippen LogP contribution < -0.4 is 9.80 Å². The van der Waals surface area contributed by atoms with Crippen LogP contribution in [0.15, 0.2) is 36.4 Å². The first-order chi connectivity index (χ1) is 13.9. The first-order valence-electron chi connectivity index (χ1n) is 9.64. The zero-order valence-corrected chi connectivity index (χ0v) is 17.8. The molecule has 1 aliphatic heterocycles. The molecular weight excluding hydrogens is 411 g/mol. The molecule has 1 aliphatic rings. The van der Waals surface area contributed by atoms with Crippen LogP contribution >= 0.6 is 23.2 Å². The molecule has 0 radical (unpaired) electrons. The monoisotopic (exact) mass is 432 g/mol. The number of carbonyl (C=O) groups is 1. The Balaban J connectivity index is 1.92. The van der Waals surface area contributed by atoms with Gasteiger partial charge in [-0.2, -0.15) is 0 Å². The molecule has 0 saturated heterocycles. The van der Waals surface area contributed by atoms with E-state index in [1.807, 2.05) is 23.1 Å². The maximum absolute atomic E-state index is 11.6. The Morgan fingerprint density at radius 2 is 2.00 bits per heavy atom. The van der Waals surface area contributed by atoms with Gasteiger partial charge in [0.1, 0.15) is 0 Å². The van der Waals surface area contributed by atoms with Crippen molar-refractivity contribution in [1.82, 2.24) is 9.55 Å². The van der Waals surface area contributed by atoms with Gasteiger partial charge in [0.15, 0.2) is 0 Å². The second-order valence-corrected chi connectivity index (χ2v) is 7.90. The maximum atomic E-state index is 11.6. The van der Waals surface area contributed by atoms with Gasteiger partial charge < -0.3 is 19.5 Å². The van der Waals surface area contributed by atoms with Gasteiger partial charge in [0.05, 0.1) is 39.9 Å². The molecule has 29 heavy (non-hydrogen) atoms. The number of fused-ring (bicyclic) bond motifs is 3. The van der Waals surface area contributed by atoms with E-state index in [2.05, 4.69) is 29.4 Å². The van der Waals surface area contributed by atoms with Crippen molar-refractivity contribution in [1.29, 1.82) is 0 Å². The van der Waals surface area contributed by atoms with E-state index < -0.39 is 5.97 Å². The highest BCUT2D eigenvalue weighted by Gasteiger charge is 2.36. The van der Waals surface area contributed by atoms with Crippen LogP contribution in [0.3, 0.4) is 0 Å². The molecule has 8 heteroatoms. The SMILES string of the molecule is CCN(CC)c1cccc2nc3n(c12)CC(CC(=O)O)N3c1ccc(Cl)cc1Cl. The molecular formula is C21H22Cl2N4O2. The van der Waals surface area contributed by atoms with Gasteiger partial charge in [-0.25, -0.2) is 4.98 Å². The third-order valence-corrected chi connectivity index (χ3v) is 5.92. The largest absolute Gasteiger partial charge is 0.481 e. The first-order valence-corrected chi connectivity index (χ1v) is 10.4. The number of anilines is 3. The molecule has 1 N–H and O–H groups in total. The average Bonchev–Trinajstić information content (AvgIpc) is 3.18. The van der Waals surface area contributed by atoms with Crippen LogP contribution in [0.4, 0.5) is 17.3 Å². The van der Waals surface area contributed by atoms with E-state index >= 15 is 0 Å². The molecule has 0 bridgehead atoms. The van der Waals surface area contributed by atoms with Gasteiger partial charge in [-0.3, -0.25) is 4.79 Å². The van der Waals surface area contributed by atoms with Gasteiger partial charge in [0.2, 0.25) is 5.95 Å². The lowest BCUT2D eigenvalue weighted by Gasteiger charge is -2.25. The summed E-state index contributed by atoms with van der Waals surface area (Å²) in [5.41, 5.74) is 3.72. The predicted molar refractivity (Wildman–Crippen MR) is 118 cm³/mol. The van der Waals surface area contributed by atoms with Crippen molar-refractivity contribution in [2.45, 2.75) is 32.9 Å². The molecule has 2 aromatic carbocycles. The molecule has 0 fully saturated rings. The Kier molecular flexibility index (Phi) is 5.32. The highest BCUT2D eigenvalue weighted by molar-refractivity contribution is 6.36. The lowest BCUT2D eigenvalue weighted by atomic mass is 10.1. The molecule has 1 unspecified atom stereocenters. The van der Waals surface area contributed by atoms with Crippen LogP contribution in [-0.4, -0.2) is 39.8 Å². The van der Waals surface area contributed by atoms with E-state index in [-0.39, 0.29) is 12.5 Å². The second-order valence-electron chi connectivity index (χ2n) is 7.06. The van der Waals surface area contributed by atoms with Gasteiger partial charge >= 0.3 is 5.97 Å². The van der Waals surface area contributed by atoms with E-state index in [4.69, 9.17) is 28.2 Å². The van der Waals surface area contributed by atoms with E-state index in [1.165, 1.54) is 0 Å². The molecule has 1 aromatic heterocycles. The smallest absolute Gasteiger partial charge is 0.305 e. The van der Waals surface area contributed by atoms with E-state index in [9.17, 15) is 9.90 Å². The van der Waals surface area contributed by atoms with Crippen LogP contribution in [0.2, 0.25) is 10.0 Å². The summed E-state index contributed by atoms with van der Waals surface area (Å²) >= 11 is 12.6. The fraction of sp³-hybridized carbons (Fsp3) is 0.333. The number of halogens is 2. The number of aromatic nitrogens is 2. The fourth-order valence-electron chi connectivity index (χ4n) is 4.12. The highest BCUT2D eigenvalue weighted by Crippen LogP contribution is 2.43. The van der Waals surface area contributed by atoms with E-state index in [0.717, 1.165) is 29.8 Å². The quantitative estimate of drug-likeness (QED) is 0.580. The summed E-state index contributed by atoms with van der Waals surface area (Å²) in [7, 11) is 0. The van der Waals surface area contributed by atoms with Crippen LogP contribution in [0.25, 0.3) is 11.0 Å². The predicted octanol–water partition coefficient (Wildman–Crippen LogP) is 5.18. The lowest BCUT2D eigenvalue weighted by molar-refractivity contribution is -0.137. The highest BCUT2D eigenvalue weighted by atomic mass is 35.5. The zero-order valence-electron chi connectivity index (χ0n) is 16.3. The zero-order chi connectivity index (χ0) is 20.7. The third kappa shape index (κ3) is 3.40. The van der Waals surface area contributed by atoms with Crippen molar-refractivity contribution < 1.29 is 9.90 Å². The number of hydrogen-bond acceptors (Lipinski definition) is 4. The summed E-state index contributed by atoms with van der Waals surface area (Å²) in [5, 5.41) is 10.5. The minimum Gasteiger partial charge on any atom is -0.481 e. The molecule has 0 aliphatic carbocycles. The van der Waals surface area contributed by atoms with Crippen molar-refractivity contribution in [3.63, 3.8) is 0 Å². The fourth-order valence-corrected chi connectivity index (χ4v) is 4.62. The third-order valence-electron chi connectivity index (χ3n) is 5.38. The topological polar surface area (TPSA) is 61.6 Å². The molecule has 4 rings (SSSR count). The molecule has 6 nitrogen and oxygen atoms in total. The molecule has 2 heterocycles. The number of carboxylic acids is 1. The van der Waals surface area contributed by atoms with Crippen LogP contribution in [0.5, 0.6) is 0 Å². The Morgan fingerprint density at radius 3 is 2.66 bits per heavy atom. The van der Waals surface area contributed by atoms with Gasteiger partial charge in [-0.1, -0.05) is 29.3 Å². The number of nitrogens with zero attached hydrogens (tertiary/aromatic N) is 4. The van der Waals surface area contributed by atoms with E-state index in [0.29, 0.717) is 28.2 Å². The Bertz CT molecular complexity index is 1080. The molecule has 0 spiro atoms. The number of imidazole rings is 1. The molecule has 3 aromatic rings. The van der Waals surface area contributed by atoms with Gasteiger partial charge in [0.25, 0.3) is 0 Å². The minimum absolute atomic E-state index is 0.0166. The number of carboxylic acid groups (broad SMARTS) is 1. The van der Waals surface area contributed by atoms with Crippen molar-refractivity contribution in [3.8, 4) is 0 Å². The summed E-state index contributed by atoms with van der Waals surface area (Å²) in [5.74, 6) is -0.154. The summed E-state index contributed by atoms with van der Waals surface area (Å²) in [6.45, 7) is 6.52. The number of rotatable bonds is 6. The summed E-state index contributed by atoms with van der Waals surface area (Å²) in [6, 6.07) is 11.0. The Labute approximate surface area is 179 Å². The first kappa shape index (κ1) is 19.9. The van der Waals surface area contributed by atoms with Crippen molar-refractivity contribution >= 4 is 57.5 Å². The van der Waals surface area contributed by atoms with Crippen molar-refractivity contribution in [2.75, 3.05) is 22.9 Å².